The van der Waals surface area contributed by atoms with Gasteiger partial charge in [-0.25, -0.2) is 16.8 Å². The van der Waals surface area contributed by atoms with E-state index >= 15 is 0 Å². The van der Waals surface area contributed by atoms with E-state index in [0.717, 1.165) is 0 Å². The Kier molecular flexibility index (Phi) is 5.20. The number of ether oxygens (including phenoxy) is 1. The van der Waals surface area contributed by atoms with Gasteiger partial charge in [0.2, 0.25) is 10.0 Å². The van der Waals surface area contributed by atoms with Gasteiger partial charge in [0.25, 0.3) is 10.0 Å². The first-order chi connectivity index (χ1) is 10.3. The predicted octanol–water partition coefficient (Wildman–Crippen LogP) is -0.111. The number of sulfonamides is 2. The molecule has 0 spiro atoms. The van der Waals surface area contributed by atoms with Crippen LogP contribution in [0.1, 0.15) is 0 Å². The average molecular weight is 350 g/mol. The minimum atomic E-state index is -3.79. The predicted molar refractivity (Wildman–Crippen MR) is 78.0 cm³/mol. The fraction of sp³-hybridized carbons (Fsp3) is 0.500. The van der Waals surface area contributed by atoms with Crippen molar-refractivity contribution >= 4 is 20.0 Å². The highest BCUT2D eigenvalue weighted by atomic mass is 32.2. The van der Waals surface area contributed by atoms with E-state index in [1.54, 1.807) is 0 Å². The van der Waals surface area contributed by atoms with Crippen LogP contribution in [-0.2, 0) is 29.6 Å². The second-order valence-corrected chi connectivity index (χ2v) is 8.46. The number of hydrogen-bond acceptors (Lipinski definition) is 6. The van der Waals surface area contributed by atoms with Crippen LogP contribution in [0.5, 0.6) is 0 Å². The van der Waals surface area contributed by atoms with Gasteiger partial charge in [-0.1, -0.05) is 4.47 Å². The van der Waals surface area contributed by atoms with E-state index < -0.39 is 20.0 Å². The van der Waals surface area contributed by atoms with Crippen LogP contribution in [0.15, 0.2) is 34.1 Å². The minimum absolute atomic E-state index is 0.0437. The molecule has 1 aromatic rings. The largest absolute Gasteiger partial charge is 0.379 e. The number of nitrogens with zero attached hydrogens (tertiary/aromatic N) is 2. The molecule has 1 fully saturated rings. The van der Waals surface area contributed by atoms with Gasteiger partial charge in [0, 0.05) is 20.1 Å². The first-order valence-corrected chi connectivity index (χ1v) is 9.39. The molecule has 1 aliphatic heterocycles. The molecule has 1 aliphatic rings. The monoisotopic (exact) mass is 350 g/mol. The van der Waals surface area contributed by atoms with Crippen LogP contribution in [0.25, 0.3) is 0 Å². The summed E-state index contributed by atoms with van der Waals surface area (Å²) < 4.78 is 56.1. The number of benzene rings is 1. The fourth-order valence-corrected chi connectivity index (χ4v) is 4.35. The molecule has 1 saturated heterocycles. The van der Waals surface area contributed by atoms with Crippen molar-refractivity contribution in [2.24, 2.45) is 0 Å². The normalized spacial score (nSPS) is 17.8. The second kappa shape index (κ2) is 6.60. The van der Waals surface area contributed by atoms with Crippen molar-refractivity contribution in [1.29, 1.82) is 0 Å². The lowest BCUT2D eigenvalue weighted by atomic mass is 10.4. The van der Waals surface area contributed by atoms with Crippen LogP contribution >= 0.6 is 0 Å². The molecule has 22 heavy (non-hydrogen) atoms. The molecular weight excluding hydrogens is 332 g/mol. The average Bonchev–Trinajstić information content (AvgIpc) is 2.55. The Labute approximate surface area is 130 Å². The molecule has 0 radical (unpaired) electrons. The van der Waals surface area contributed by atoms with Gasteiger partial charge >= 0.3 is 0 Å². The Morgan fingerprint density at radius 3 is 2.05 bits per heavy atom. The zero-order valence-corrected chi connectivity index (χ0v) is 13.9. The van der Waals surface area contributed by atoms with Gasteiger partial charge in [-0.2, -0.15) is 4.31 Å². The summed E-state index contributed by atoms with van der Waals surface area (Å²) in [6, 6.07) is 5.05. The van der Waals surface area contributed by atoms with Crippen molar-refractivity contribution in [2.75, 3.05) is 40.5 Å². The summed E-state index contributed by atoms with van der Waals surface area (Å²) in [7, 11) is -4.94. The molecule has 1 aromatic carbocycles. The second-order valence-electron chi connectivity index (χ2n) is 4.59. The lowest BCUT2D eigenvalue weighted by Gasteiger charge is -2.26. The van der Waals surface area contributed by atoms with Crippen molar-refractivity contribution < 1.29 is 26.4 Å². The van der Waals surface area contributed by atoms with E-state index in [9.17, 15) is 16.8 Å². The molecular formula is C12H18N2O6S2. The van der Waals surface area contributed by atoms with E-state index in [2.05, 4.69) is 4.84 Å². The number of morpholine rings is 1. The van der Waals surface area contributed by atoms with Gasteiger partial charge in [-0.15, -0.1) is 0 Å². The van der Waals surface area contributed by atoms with E-state index in [1.165, 1.54) is 42.7 Å². The maximum atomic E-state index is 12.4. The summed E-state index contributed by atoms with van der Waals surface area (Å²) in [6.07, 6.45) is 0. The van der Waals surface area contributed by atoms with E-state index in [1.807, 2.05) is 0 Å². The number of hydrogen-bond donors (Lipinski definition) is 0. The zero-order chi connectivity index (χ0) is 16.4. The molecule has 8 nitrogen and oxygen atoms in total. The molecule has 0 aliphatic carbocycles. The van der Waals surface area contributed by atoms with Crippen LogP contribution < -0.4 is 0 Å². The molecule has 0 bridgehead atoms. The van der Waals surface area contributed by atoms with Gasteiger partial charge < -0.3 is 4.74 Å². The summed E-state index contributed by atoms with van der Waals surface area (Å²) in [5, 5.41) is 0. The molecule has 124 valence electrons. The SMILES string of the molecule is CON(C)S(=O)(=O)c1ccc(S(=O)(=O)N2CCOCC2)cc1. The molecule has 0 aromatic heterocycles. The van der Waals surface area contributed by atoms with Gasteiger partial charge in [-0.3, -0.25) is 4.84 Å². The van der Waals surface area contributed by atoms with Crippen LogP contribution in [0, 0.1) is 0 Å². The molecule has 2 rings (SSSR count). The van der Waals surface area contributed by atoms with Crippen LogP contribution in [-0.4, -0.2) is 66.1 Å². The van der Waals surface area contributed by atoms with Crippen molar-refractivity contribution in [3.05, 3.63) is 24.3 Å². The molecule has 0 amide bonds. The standard InChI is InChI=1S/C12H18N2O6S2/c1-13(19-2)21(15,16)11-3-5-12(6-4-11)22(17,18)14-7-9-20-10-8-14/h3-6H,7-10H2,1-2H3. The van der Waals surface area contributed by atoms with E-state index in [4.69, 9.17) is 4.74 Å². The van der Waals surface area contributed by atoms with Gasteiger partial charge in [0.05, 0.1) is 30.1 Å². The van der Waals surface area contributed by atoms with Crippen LogP contribution in [0.4, 0.5) is 0 Å². The molecule has 0 saturated carbocycles. The Morgan fingerprint density at radius 1 is 1.05 bits per heavy atom. The van der Waals surface area contributed by atoms with Gasteiger partial charge in [-0.05, 0) is 24.3 Å². The minimum Gasteiger partial charge on any atom is -0.379 e. The van der Waals surface area contributed by atoms with Gasteiger partial charge in [0.15, 0.2) is 0 Å². The Bertz CT molecular complexity index is 708. The third-order valence-electron chi connectivity index (χ3n) is 3.33. The molecule has 1 heterocycles. The first-order valence-electron chi connectivity index (χ1n) is 6.51. The lowest BCUT2D eigenvalue weighted by molar-refractivity contribution is -0.0258. The highest BCUT2D eigenvalue weighted by molar-refractivity contribution is 7.89. The fourth-order valence-electron chi connectivity index (χ4n) is 1.97. The first kappa shape index (κ1) is 17.3. The summed E-state index contributed by atoms with van der Waals surface area (Å²) >= 11 is 0. The third-order valence-corrected chi connectivity index (χ3v) is 6.93. The highest BCUT2D eigenvalue weighted by Crippen LogP contribution is 2.21. The Balaban J connectivity index is 2.29. The summed E-state index contributed by atoms with van der Waals surface area (Å²) in [5.74, 6) is 0. The van der Waals surface area contributed by atoms with E-state index in [0.29, 0.717) is 17.7 Å². The smallest absolute Gasteiger partial charge is 0.264 e. The van der Waals surface area contributed by atoms with Crippen LogP contribution in [0.2, 0.25) is 0 Å². The lowest BCUT2D eigenvalue weighted by Crippen LogP contribution is -2.40. The van der Waals surface area contributed by atoms with Gasteiger partial charge in [0.1, 0.15) is 0 Å². The summed E-state index contributed by atoms with van der Waals surface area (Å²) in [5.41, 5.74) is 0. The van der Waals surface area contributed by atoms with Crippen molar-refractivity contribution in [2.45, 2.75) is 9.79 Å². The maximum Gasteiger partial charge on any atom is 0.264 e. The molecule has 0 N–H and O–H groups in total. The van der Waals surface area contributed by atoms with Crippen LogP contribution in [0.3, 0.4) is 0 Å². The topological polar surface area (TPSA) is 93.2 Å². The maximum absolute atomic E-state index is 12.4. The Morgan fingerprint density at radius 2 is 1.55 bits per heavy atom. The molecule has 0 atom stereocenters. The highest BCUT2D eigenvalue weighted by Gasteiger charge is 2.27. The summed E-state index contributed by atoms with van der Waals surface area (Å²) in [4.78, 5) is 4.67. The quantitative estimate of drug-likeness (QED) is 0.688. The number of rotatable bonds is 5. The molecule has 10 heteroatoms. The third kappa shape index (κ3) is 3.31. The van der Waals surface area contributed by atoms with Crippen molar-refractivity contribution in [3.63, 3.8) is 0 Å². The van der Waals surface area contributed by atoms with Crippen molar-refractivity contribution in [3.8, 4) is 0 Å². The molecule has 0 unspecified atom stereocenters. The summed E-state index contributed by atoms with van der Waals surface area (Å²) in [6.45, 7) is 1.28. The van der Waals surface area contributed by atoms with E-state index in [-0.39, 0.29) is 22.9 Å². The van der Waals surface area contributed by atoms with Crippen molar-refractivity contribution in [1.82, 2.24) is 8.77 Å². The Hall–Kier alpha value is -1.04. The number of hydroxylamine groups is 1. The zero-order valence-electron chi connectivity index (χ0n) is 12.3.